The van der Waals surface area contributed by atoms with Crippen molar-refractivity contribution in [2.45, 2.75) is 19.8 Å². The fraction of sp³-hybridized carbons (Fsp3) is 0.217. The summed E-state index contributed by atoms with van der Waals surface area (Å²) in [7, 11) is 1.38. The third kappa shape index (κ3) is 3.49. The Labute approximate surface area is 167 Å². The minimum Gasteiger partial charge on any atom is -0.466 e. The predicted octanol–water partition coefficient (Wildman–Crippen LogP) is 4.40. The first kappa shape index (κ1) is 18.8. The number of hydrogen-bond donors (Lipinski definition) is 2. The molecule has 4 aromatic rings. The molecule has 0 spiro atoms. The smallest absolute Gasteiger partial charge is 0.338 e. The minimum absolute atomic E-state index is 0.223. The second-order valence-electron chi connectivity index (χ2n) is 6.68. The third-order valence-corrected chi connectivity index (χ3v) is 4.91. The summed E-state index contributed by atoms with van der Waals surface area (Å²) < 4.78 is 9.96. The monoisotopic (exact) mass is 389 g/mol. The molecule has 147 valence electrons. The van der Waals surface area contributed by atoms with Crippen molar-refractivity contribution in [3.8, 4) is 11.1 Å². The maximum Gasteiger partial charge on any atom is 0.338 e. The zero-order valence-corrected chi connectivity index (χ0v) is 16.3. The van der Waals surface area contributed by atoms with Crippen molar-refractivity contribution in [3.05, 3.63) is 59.9 Å². The number of esters is 2. The molecule has 1 radical (unpaired) electrons. The van der Waals surface area contributed by atoms with Gasteiger partial charge in [-0.1, -0.05) is 18.2 Å². The van der Waals surface area contributed by atoms with Gasteiger partial charge in [-0.3, -0.25) is 4.79 Å². The van der Waals surface area contributed by atoms with Crippen LogP contribution in [0.4, 0.5) is 0 Å². The van der Waals surface area contributed by atoms with Crippen LogP contribution in [0.3, 0.4) is 0 Å². The molecule has 29 heavy (non-hydrogen) atoms. The average molecular weight is 389 g/mol. The molecular formula is C23H21N2O4. The minimum atomic E-state index is -0.378. The number of nitrogens with one attached hydrogen (secondary N) is 2. The van der Waals surface area contributed by atoms with E-state index in [-0.39, 0.29) is 11.9 Å². The quantitative estimate of drug-likeness (QED) is 0.479. The molecule has 0 aliphatic heterocycles. The van der Waals surface area contributed by atoms with Gasteiger partial charge < -0.3 is 19.4 Å². The maximum absolute atomic E-state index is 12.3. The Morgan fingerprint density at radius 3 is 2.66 bits per heavy atom. The van der Waals surface area contributed by atoms with E-state index >= 15 is 0 Å². The molecule has 4 rings (SSSR count). The number of rotatable bonds is 6. The normalized spacial score (nSPS) is 11.1. The molecule has 0 aliphatic carbocycles. The summed E-state index contributed by atoms with van der Waals surface area (Å²) in [4.78, 5) is 30.5. The van der Waals surface area contributed by atoms with Gasteiger partial charge in [0.1, 0.15) is 0 Å². The van der Waals surface area contributed by atoms with E-state index in [2.05, 4.69) is 16.0 Å². The van der Waals surface area contributed by atoms with Crippen LogP contribution in [0.1, 0.15) is 29.4 Å². The van der Waals surface area contributed by atoms with E-state index in [1.807, 2.05) is 36.5 Å². The molecular weight excluding hydrogens is 368 g/mol. The van der Waals surface area contributed by atoms with Crippen LogP contribution in [-0.2, 0) is 20.7 Å². The summed E-state index contributed by atoms with van der Waals surface area (Å²) in [5.41, 5.74) is 4.98. The van der Waals surface area contributed by atoms with Gasteiger partial charge in [0.25, 0.3) is 0 Å². The fourth-order valence-corrected chi connectivity index (χ4v) is 3.62. The zero-order chi connectivity index (χ0) is 20.4. The number of aromatic amines is 2. The van der Waals surface area contributed by atoms with E-state index in [1.165, 1.54) is 7.11 Å². The Kier molecular flexibility index (Phi) is 5.08. The van der Waals surface area contributed by atoms with Crippen LogP contribution in [0.5, 0.6) is 0 Å². The van der Waals surface area contributed by atoms with Crippen LogP contribution in [-0.4, -0.2) is 35.6 Å². The number of carbonyl (C=O) groups is 2. The lowest BCUT2D eigenvalue weighted by Crippen LogP contribution is -2.05. The van der Waals surface area contributed by atoms with Crippen molar-refractivity contribution >= 4 is 33.7 Å². The lowest BCUT2D eigenvalue weighted by Gasteiger charge is -2.06. The van der Waals surface area contributed by atoms with Gasteiger partial charge in [0.15, 0.2) is 0 Å². The van der Waals surface area contributed by atoms with Crippen molar-refractivity contribution in [3.63, 3.8) is 0 Å². The molecule has 0 saturated heterocycles. The molecule has 0 bridgehead atoms. The second-order valence-corrected chi connectivity index (χ2v) is 6.68. The van der Waals surface area contributed by atoms with Crippen LogP contribution >= 0.6 is 0 Å². The van der Waals surface area contributed by atoms with E-state index in [9.17, 15) is 9.59 Å². The molecule has 0 saturated carbocycles. The molecule has 0 unspecified atom stereocenters. The largest absolute Gasteiger partial charge is 0.466 e. The van der Waals surface area contributed by atoms with Crippen molar-refractivity contribution in [1.82, 2.24) is 9.97 Å². The standard InChI is InChI=1S/C23H21N2O4/c1-3-29-21(26)11-10-14-12-17-15(6-4-8-19(17)25-14)18-13-24-20-9-5-7-16(22(18)20)23(27)28-2/h4-9,13,24-25H,3,10-11H2,1-2H3. The van der Waals surface area contributed by atoms with Crippen molar-refractivity contribution < 1.29 is 19.1 Å². The van der Waals surface area contributed by atoms with Gasteiger partial charge in [0.05, 0.1) is 25.7 Å². The molecule has 2 aromatic carbocycles. The number of aromatic nitrogens is 2. The summed E-state index contributed by atoms with van der Waals surface area (Å²) >= 11 is 0. The predicted molar refractivity (Wildman–Crippen MR) is 111 cm³/mol. The van der Waals surface area contributed by atoms with Crippen molar-refractivity contribution in [2.75, 3.05) is 13.7 Å². The van der Waals surface area contributed by atoms with Gasteiger partial charge >= 0.3 is 11.9 Å². The Morgan fingerprint density at radius 2 is 1.86 bits per heavy atom. The Morgan fingerprint density at radius 1 is 1.07 bits per heavy atom. The molecule has 2 aromatic heterocycles. The van der Waals surface area contributed by atoms with Crippen LogP contribution < -0.4 is 0 Å². The highest BCUT2D eigenvalue weighted by molar-refractivity contribution is 6.12. The average Bonchev–Trinajstić information content (AvgIpc) is 3.35. The van der Waals surface area contributed by atoms with Crippen LogP contribution in [0.15, 0.2) is 42.6 Å². The summed E-state index contributed by atoms with van der Waals surface area (Å²) in [6.07, 6.45) is 2.71. The molecule has 0 amide bonds. The first-order valence-corrected chi connectivity index (χ1v) is 9.49. The van der Waals surface area contributed by atoms with Crippen molar-refractivity contribution in [1.29, 1.82) is 0 Å². The number of carbonyl (C=O) groups excluding carboxylic acids is 2. The summed E-state index contributed by atoms with van der Waals surface area (Å²) in [6.45, 7) is 2.17. The zero-order valence-electron chi connectivity index (χ0n) is 16.3. The first-order valence-electron chi connectivity index (χ1n) is 9.49. The highest BCUT2D eigenvalue weighted by Crippen LogP contribution is 2.36. The molecule has 0 aliphatic rings. The van der Waals surface area contributed by atoms with Crippen LogP contribution in [0, 0.1) is 6.07 Å². The van der Waals surface area contributed by atoms with E-state index in [0.717, 1.165) is 38.6 Å². The van der Waals surface area contributed by atoms with E-state index < -0.39 is 0 Å². The molecule has 0 fully saturated rings. The number of H-pyrrole nitrogens is 2. The van der Waals surface area contributed by atoms with E-state index in [4.69, 9.17) is 9.47 Å². The second kappa shape index (κ2) is 7.83. The molecule has 6 heteroatoms. The number of aryl methyl sites for hydroxylation is 1. The Bertz CT molecular complexity index is 1200. The third-order valence-electron chi connectivity index (χ3n) is 4.91. The Hall–Kier alpha value is -3.54. The number of ether oxygens (including phenoxy) is 2. The van der Waals surface area contributed by atoms with E-state index in [1.54, 1.807) is 13.0 Å². The number of hydrogen-bond acceptors (Lipinski definition) is 4. The lowest BCUT2D eigenvalue weighted by atomic mass is 9.98. The SMILES string of the molecule is CCOC(=O)CCc1[c]c2c(-c3c[nH]c4cccc(C(=O)OC)c34)cccc2[nH]1. The molecule has 0 atom stereocenters. The molecule has 2 N–H and O–H groups in total. The summed E-state index contributed by atoms with van der Waals surface area (Å²) in [6, 6.07) is 14.8. The van der Waals surface area contributed by atoms with Gasteiger partial charge in [0, 0.05) is 45.3 Å². The number of benzene rings is 2. The summed E-state index contributed by atoms with van der Waals surface area (Å²) in [5.74, 6) is -0.601. The fourth-order valence-electron chi connectivity index (χ4n) is 3.62. The van der Waals surface area contributed by atoms with E-state index in [0.29, 0.717) is 25.0 Å². The highest BCUT2D eigenvalue weighted by atomic mass is 16.5. The van der Waals surface area contributed by atoms with Gasteiger partial charge in [0.2, 0.25) is 0 Å². The van der Waals surface area contributed by atoms with Gasteiger partial charge in [-0.05, 0) is 37.1 Å². The van der Waals surface area contributed by atoms with Crippen LogP contribution in [0.25, 0.3) is 32.9 Å². The lowest BCUT2D eigenvalue weighted by molar-refractivity contribution is -0.143. The van der Waals surface area contributed by atoms with Crippen LogP contribution in [0.2, 0.25) is 0 Å². The van der Waals surface area contributed by atoms with Crippen molar-refractivity contribution in [2.24, 2.45) is 0 Å². The number of fused-ring (bicyclic) bond motifs is 2. The Balaban J connectivity index is 1.79. The van der Waals surface area contributed by atoms with Gasteiger partial charge in [-0.15, -0.1) is 0 Å². The molecule has 2 heterocycles. The number of methoxy groups -OCH3 is 1. The highest BCUT2D eigenvalue weighted by Gasteiger charge is 2.18. The molecule has 6 nitrogen and oxygen atoms in total. The van der Waals surface area contributed by atoms with Gasteiger partial charge in [-0.25, -0.2) is 4.79 Å². The topological polar surface area (TPSA) is 84.2 Å². The summed E-state index contributed by atoms with van der Waals surface area (Å²) in [5, 5.41) is 1.72. The first-order chi connectivity index (χ1) is 14.1. The van der Waals surface area contributed by atoms with Gasteiger partial charge in [-0.2, -0.15) is 0 Å². The maximum atomic E-state index is 12.3.